The van der Waals surface area contributed by atoms with E-state index in [1.165, 1.54) is 0 Å². The van der Waals surface area contributed by atoms with Crippen molar-refractivity contribution in [3.05, 3.63) is 30.0 Å². The molecule has 1 aromatic heterocycles. The molecule has 2 N–H and O–H groups in total. The normalized spacial score (nSPS) is 12.8. The van der Waals surface area contributed by atoms with Gasteiger partial charge in [-0.05, 0) is 25.1 Å². The molecule has 1 unspecified atom stereocenters. The summed E-state index contributed by atoms with van der Waals surface area (Å²) in [5.41, 5.74) is 1.90. The van der Waals surface area contributed by atoms with Crippen molar-refractivity contribution in [2.75, 3.05) is 0 Å². The van der Waals surface area contributed by atoms with E-state index in [1.54, 1.807) is 19.1 Å². The molecular weight excluding hydrogens is 230 g/mol. The van der Waals surface area contributed by atoms with Gasteiger partial charge in [0, 0.05) is 24.0 Å². The van der Waals surface area contributed by atoms with Crippen LogP contribution in [0.4, 0.5) is 0 Å². The van der Waals surface area contributed by atoms with Crippen LogP contribution in [0.3, 0.4) is 0 Å². The van der Waals surface area contributed by atoms with Gasteiger partial charge in [-0.3, -0.25) is 4.79 Å². The molecule has 2 aromatic rings. The second-order valence-corrected chi connectivity index (χ2v) is 4.53. The van der Waals surface area contributed by atoms with E-state index >= 15 is 0 Å². The number of rotatable bonds is 4. The number of phenols is 1. The standard InChI is InChI=1S/C14H17NO3/c1-3-15-10(7-9(2)14(17)18)8-11-12(15)5-4-6-13(11)16/h4-6,8-9,16H,3,7H2,1-2H3,(H,17,18). The Labute approximate surface area is 105 Å². The Hall–Kier alpha value is -1.97. The van der Waals surface area contributed by atoms with Gasteiger partial charge in [-0.15, -0.1) is 0 Å². The van der Waals surface area contributed by atoms with E-state index in [9.17, 15) is 9.90 Å². The highest BCUT2D eigenvalue weighted by Crippen LogP contribution is 2.29. The van der Waals surface area contributed by atoms with Gasteiger partial charge in [0.2, 0.25) is 0 Å². The molecule has 0 aliphatic carbocycles. The summed E-state index contributed by atoms with van der Waals surface area (Å²) in [6, 6.07) is 7.27. The van der Waals surface area contributed by atoms with E-state index in [-0.39, 0.29) is 5.75 Å². The molecule has 4 heteroatoms. The summed E-state index contributed by atoms with van der Waals surface area (Å²) >= 11 is 0. The number of hydrogen-bond acceptors (Lipinski definition) is 2. The third kappa shape index (κ3) is 2.06. The van der Waals surface area contributed by atoms with E-state index in [0.29, 0.717) is 6.42 Å². The van der Waals surface area contributed by atoms with Crippen LogP contribution in [-0.4, -0.2) is 20.7 Å². The maximum absolute atomic E-state index is 10.9. The molecule has 0 fully saturated rings. The Morgan fingerprint density at radius 3 is 2.78 bits per heavy atom. The highest BCUT2D eigenvalue weighted by Gasteiger charge is 2.16. The number of aryl methyl sites for hydroxylation is 1. The molecule has 96 valence electrons. The van der Waals surface area contributed by atoms with Crippen LogP contribution in [0, 0.1) is 5.92 Å². The van der Waals surface area contributed by atoms with Crippen LogP contribution in [0.1, 0.15) is 19.5 Å². The largest absolute Gasteiger partial charge is 0.507 e. The number of carboxylic acid groups (broad SMARTS) is 1. The van der Waals surface area contributed by atoms with Crippen LogP contribution < -0.4 is 0 Å². The summed E-state index contributed by atoms with van der Waals surface area (Å²) in [7, 11) is 0. The van der Waals surface area contributed by atoms with E-state index in [2.05, 4.69) is 4.57 Å². The van der Waals surface area contributed by atoms with Gasteiger partial charge >= 0.3 is 5.97 Å². The lowest BCUT2D eigenvalue weighted by Crippen LogP contribution is -2.14. The van der Waals surface area contributed by atoms with Gasteiger partial charge in [-0.1, -0.05) is 13.0 Å². The zero-order valence-corrected chi connectivity index (χ0v) is 10.6. The fraction of sp³-hybridized carbons (Fsp3) is 0.357. The number of fused-ring (bicyclic) bond motifs is 1. The molecule has 1 atom stereocenters. The quantitative estimate of drug-likeness (QED) is 0.873. The van der Waals surface area contributed by atoms with Gasteiger partial charge in [0.25, 0.3) is 0 Å². The molecule has 0 radical (unpaired) electrons. The SMILES string of the molecule is CCn1c(CC(C)C(=O)O)cc2c(O)cccc21. The summed E-state index contributed by atoms with van der Waals surface area (Å²) in [5.74, 6) is -0.988. The first-order valence-corrected chi connectivity index (χ1v) is 6.07. The maximum atomic E-state index is 10.9. The average molecular weight is 247 g/mol. The van der Waals surface area contributed by atoms with E-state index in [4.69, 9.17) is 5.11 Å². The molecule has 1 aromatic carbocycles. The first kappa shape index (κ1) is 12.5. The van der Waals surface area contributed by atoms with Crippen LogP contribution >= 0.6 is 0 Å². The Kier molecular flexibility index (Phi) is 3.28. The van der Waals surface area contributed by atoms with Crippen molar-refractivity contribution >= 4 is 16.9 Å². The molecule has 0 saturated heterocycles. The molecule has 0 bridgehead atoms. The molecule has 18 heavy (non-hydrogen) atoms. The second-order valence-electron chi connectivity index (χ2n) is 4.53. The molecule has 0 saturated carbocycles. The van der Waals surface area contributed by atoms with E-state index in [1.807, 2.05) is 19.1 Å². The van der Waals surface area contributed by atoms with Gasteiger partial charge < -0.3 is 14.8 Å². The fourth-order valence-electron chi connectivity index (χ4n) is 2.27. The molecule has 4 nitrogen and oxygen atoms in total. The van der Waals surface area contributed by atoms with E-state index < -0.39 is 11.9 Å². The molecular formula is C14H17NO3. The number of carboxylic acids is 1. The Morgan fingerprint density at radius 1 is 1.44 bits per heavy atom. The van der Waals surface area contributed by atoms with Crippen LogP contribution in [0.5, 0.6) is 5.75 Å². The van der Waals surface area contributed by atoms with Crippen molar-refractivity contribution in [2.45, 2.75) is 26.8 Å². The maximum Gasteiger partial charge on any atom is 0.306 e. The Bertz CT molecular complexity index is 586. The minimum Gasteiger partial charge on any atom is -0.507 e. The van der Waals surface area contributed by atoms with Crippen LogP contribution in [0.25, 0.3) is 10.9 Å². The zero-order chi connectivity index (χ0) is 13.3. The number of aromatic nitrogens is 1. The number of nitrogens with zero attached hydrogens (tertiary/aromatic N) is 1. The molecule has 0 amide bonds. The lowest BCUT2D eigenvalue weighted by atomic mass is 10.1. The minimum atomic E-state index is -0.799. The van der Waals surface area contributed by atoms with Crippen LogP contribution in [-0.2, 0) is 17.8 Å². The summed E-state index contributed by atoms with van der Waals surface area (Å²) < 4.78 is 2.05. The van der Waals surface area contributed by atoms with Crippen LogP contribution in [0.2, 0.25) is 0 Å². The lowest BCUT2D eigenvalue weighted by Gasteiger charge is -2.10. The molecule has 0 spiro atoms. The number of benzene rings is 1. The van der Waals surface area contributed by atoms with Crippen LogP contribution in [0.15, 0.2) is 24.3 Å². The first-order valence-electron chi connectivity index (χ1n) is 6.07. The van der Waals surface area contributed by atoms with Crippen molar-refractivity contribution in [2.24, 2.45) is 5.92 Å². The van der Waals surface area contributed by atoms with Crippen molar-refractivity contribution in [1.82, 2.24) is 4.57 Å². The smallest absolute Gasteiger partial charge is 0.306 e. The van der Waals surface area contributed by atoms with Crippen molar-refractivity contribution < 1.29 is 15.0 Å². The summed E-state index contributed by atoms with van der Waals surface area (Å²) in [5, 5.41) is 19.6. The lowest BCUT2D eigenvalue weighted by molar-refractivity contribution is -0.141. The number of phenolic OH excluding ortho intramolecular Hbond substituents is 1. The van der Waals surface area contributed by atoms with Crippen molar-refractivity contribution in [3.63, 3.8) is 0 Å². The highest BCUT2D eigenvalue weighted by molar-refractivity contribution is 5.87. The highest BCUT2D eigenvalue weighted by atomic mass is 16.4. The number of aliphatic carboxylic acids is 1. The Balaban J connectivity index is 2.50. The number of carbonyl (C=O) groups is 1. The minimum absolute atomic E-state index is 0.240. The van der Waals surface area contributed by atoms with E-state index in [0.717, 1.165) is 23.1 Å². The number of hydrogen-bond donors (Lipinski definition) is 2. The molecule has 0 aliphatic rings. The molecule has 2 rings (SSSR count). The van der Waals surface area contributed by atoms with Crippen molar-refractivity contribution in [3.8, 4) is 5.75 Å². The fourth-order valence-corrected chi connectivity index (χ4v) is 2.27. The van der Waals surface area contributed by atoms with Gasteiger partial charge in [-0.2, -0.15) is 0 Å². The molecule has 0 aliphatic heterocycles. The zero-order valence-electron chi connectivity index (χ0n) is 10.6. The second kappa shape index (κ2) is 4.72. The van der Waals surface area contributed by atoms with Gasteiger partial charge in [0.05, 0.1) is 11.4 Å². The summed E-state index contributed by atoms with van der Waals surface area (Å²) in [6.07, 6.45) is 0.470. The summed E-state index contributed by atoms with van der Waals surface area (Å²) in [4.78, 5) is 10.9. The third-order valence-electron chi connectivity index (χ3n) is 3.26. The predicted molar refractivity (Wildman–Crippen MR) is 69.8 cm³/mol. The Morgan fingerprint density at radius 2 is 2.17 bits per heavy atom. The first-order chi connectivity index (χ1) is 8.54. The average Bonchev–Trinajstić information content (AvgIpc) is 2.68. The van der Waals surface area contributed by atoms with Gasteiger partial charge in [0.1, 0.15) is 5.75 Å². The monoisotopic (exact) mass is 247 g/mol. The van der Waals surface area contributed by atoms with Crippen molar-refractivity contribution in [1.29, 1.82) is 0 Å². The number of aromatic hydroxyl groups is 1. The summed E-state index contributed by atoms with van der Waals surface area (Å²) in [6.45, 7) is 4.47. The van der Waals surface area contributed by atoms with Gasteiger partial charge in [0.15, 0.2) is 0 Å². The van der Waals surface area contributed by atoms with Gasteiger partial charge in [-0.25, -0.2) is 0 Å². The third-order valence-corrected chi connectivity index (χ3v) is 3.26. The topological polar surface area (TPSA) is 62.5 Å². The predicted octanol–water partition coefficient (Wildman–Crippen LogP) is 2.63. The molecule has 1 heterocycles.